The monoisotopic (exact) mass is 297 g/mol. The van der Waals surface area contributed by atoms with E-state index in [9.17, 15) is 0 Å². The number of benzene rings is 1. The molecular weight excluding hydrogens is 278 g/mol. The highest BCUT2D eigenvalue weighted by molar-refractivity contribution is 9.10. The second-order valence-electron chi connectivity index (χ2n) is 4.96. The molecule has 0 spiro atoms. The first-order chi connectivity index (χ1) is 8.16. The van der Waals surface area contributed by atoms with Crippen molar-refractivity contribution in [2.75, 3.05) is 13.2 Å². The van der Waals surface area contributed by atoms with Crippen LogP contribution in [0.4, 0.5) is 0 Å². The summed E-state index contributed by atoms with van der Waals surface area (Å²) < 4.78 is 7.06. The van der Waals surface area contributed by atoms with Crippen LogP contribution in [-0.4, -0.2) is 19.2 Å². The van der Waals surface area contributed by atoms with E-state index < -0.39 is 0 Å². The van der Waals surface area contributed by atoms with E-state index in [1.807, 2.05) is 6.07 Å². The van der Waals surface area contributed by atoms with Crippen LogP contribution in [0.1, 0.15) is 31.9 Å². The van der Waals surface area contributed by atoms with Crippen LogP contribution < -0.4 is 5.32 Å². The smallest absolute Gasteiger partial charge is 0.0949 e. The van der Waals surface area contributed by atoms with Gasteiger partial charge in [-0.15, -0.1) is 0 Å². The Labute approximate surface area is 112 Å². The van der Waals surface area contributed by atoms with E-state index in [1.54, 1.807) is 0 Å². The average molecular weight is 298 g/mol. The van der Waals surface area contributed by atoms with Crippen molar-refractivity contribution in [3.8, 4) is 0 Å². The topological polar surface area (TPSA) is 21.3 Å². The molecule has 2 nitrogen and oxygen atoms in total. The van der Waals surface area contributed by atoms with Gasteiger partial charge in [0.15, 0.2) is 0 Å². The van der Waals surface area contributed by atoms with Gasteiger partial charge < -0.3 is 10.1 Å². The minimum absolute atomic E-state index is 0.177. The van der Waals surface area contributed by atoms with Gasteiger partial charge in [0, 0.05) is 23.7 Å². The average Bonchev–Trinajstić information content (AvgIpc) is 2.54. The lowest BCUT2D eigenvalue weighted by Crippen LogP contribution is -2.34. The molecule has 3 heteroatoms. The molecule has 0 amide bonds. The molecule has 0 saturated carbocycles. The van der Waals surface area contributed by atoms with Gasteiger partial charge in [-0.1, -0.05) is 41.9 Å². The standard InChI is InChI=1S/C14H20BrNO/c1-10(2)13-6-7-17-14(9-16-13)11-4-3-5-12(15)8-11/h3-5,8,10,13-14,16H,6-7,9H2,1-2H3. The second kappa shape index (κ2) is 5.98. The van der Waals surface area contributed by atoms with E-state index in [0.29, 0.717) is 12.0 Å². The molecule has 1 saturated heterocycles. The summed E-state index contributed by atoms with van der Waals surface area (Å²) in [5.74, 6) is 0.667. The minimum atomic E-state index is 0.177. The molecule has 1 aliphatic rings. The van der Waals surface area contributed by atoms with Crippen LogP contribution in [-0.2, 0) is 4.74 Å². The fourth-order valence-electron chi connectivity index (χ4n) is 2.25. The third kappa shape index (κ3) is 3.54. The summed E-state index contributed by atoms with van der Waals surface area (Å²) >= 11 is 3.51. The SMILES string of the molecule is CC(C)C1CCOC(c2cccc(Br)c2)CN1. The minimum Gasteiger partial charge on any atom is -0.372 e. The van der Waals surface area contributed by atoms with Crippen molar-refractivity contribution in [3.63, 3.8) is 0 Å². The van der Waals surface area contributed by atoms with Crippen LogP contribution in [0.5, 0.6) is 0 Å². The van der Waals surface area contributed by atoms with Gasteiger partial charge in [0.1, 0.15) is 0 Å². The zero-order valence-electron chi connectivity index (χ0n) is 10.4. The van der Waals surface area contributed by atoms with Crippen molar-refractivity contribution < 1.29 is 4.74 Å². The first-order valence-electron chi connectivity index (χ1n) is 6.27. The Morgan fingerprint density at radius 2 is 2.24 bits per heavy atom. The Bertz CT molecular complexity index is 367. The maximum atomic E-state index is 5.94. The Morgan fingerprint density at radius 3 is 2.94 bits per heavy atom. The van der Waals surface area contributed by atoms with Crippen LogP contribution in [0, 0.1) is 5.92 Å². The van der Waals surface area contributed by atoms with E-state index in [4.69, 9.17) is 4.74 Å². The van der Waals surface area contributed by atoms with Gasteiger partial charge in [-0.3, -0.25) is 0 Å². The van der Waals surface area contributed by atoms with E-state index >= 15 is 0 Å². The Kier molecular flexibility index (Phi) is 4.60. The highest BCUT2D eigenvalue weighted by atomic mass is 79.9. The summed E-state index contributed by atoms with van der Waals surface area (Å²) in [6.45, 7) is 6.26. The van der Waals surface area contributed by atoms with Gasteiger partial charge in [0.05, 0.1) is 6.10 Å². The molecule has 1 aromatic rings. The van der Waals surface area contributed by atoms with Crippen LogP contribution >= 0.6 is 15.9 Å². The van der Waals surface area contributed by atoms with Crippen LogP contribution in [0.15, 0.2) is 28.7 Å². The third-order valence-electron chi connectivity index (χ3n) is 3.34. The van der Waals surface area contributed by atoms with Crippen molar-refractivity contribution in [2.24, 2.45) is 5.92 Å². The Morgan fingerprint density at radius 1 is 1.41 bits per heavy atom. The molecule has 0 aliphatic carbocycles. The maximum absolute atomic E-state index is 5.94. The molecule has 2 rings (SSSR count). The zero-order valence-corrected chi connectivity index (χ0v) is 12.0. The molecular formula is C14H20BrNO. The Hall–Kier alpha value is -0.380. The number of ether oxygens (including phenoxy) is 1. The first-order valence-corrected chi connectivity index (χ1v) is 7.06. The zero-order chi connectivity index (χ0) is 12.3. The highest BCUT2D eigenvalue weighted by Crippen LogP contribution is 2.23. The molecule has 0 aromatic heterocycles. The number of rotatable bonds is 2. The molecule has 2 unspecified atom stereocenters. The molecule has 1 aromatic carbocycles. The summed E-state index contributed by atoms with van der Waals surface area (Å²) in [7, 11) is 0. The third-order valence-corrected chi connectivity index (χ3v) is 3.83. The molecule has 17 heavy (non-hydrogen) atoms. The Balaban J connectivity index is 2.04. The maximum Gasteiger partial charge on any atom is 0.0949 e. The number of hydrogen-bond acceptors (Lipinski definition) is 2. The first kappa shape index (κ1) is 13.1. The van der Waals surface area contributed by atoms with Gasteiger partial charge in [0.25, 0.3) is 0 Å². The van der Waals surface area contributed by atoms with Crippen molar-refractivity contribution >= 4 is 15.9 Å². The predicted molar refractivity (Wildman–Crippen MR) is 74.1 cm³/mol. The highest BCUT2D eigenvalue weighted by Gasteiger charge is 2.21. The van der Waals surface area contributed by atoms with Gasteiger partial charge in [-0.05, 0) is 30.0 Å². The predicted octanol–water partition coefficient (Wildman–Crippen LogP) is 3.52. The lowest BCUT2D eigenvalue weighted by atomic mass is 10.0. The molecule has 1 aliphatic heterocycles. The van der Waals surface area contributed by atoms with E-state index in [1.165, 1.54) is 5.56 Å². The molecule has 0 radical (unpaired) electrons. The lowest BCUT2D eigenvalue weighted by Gasteiger charge is -2.20. The van der Waals surface area contributed by atoms with Crippen molar-refractivity contribution in [2.45, 2.75) is 32.4 Å². The van der Waals surface area contributed by atoms with E-state index in [-0.39, 0.29) is 6.10 Å². The van der Waals surface area contributed by atoms with Gasteiger partial charge in [-0.25, -0.2) is 0 Å². The quantitative estimate of drug-likeness (QED) is 0.902. The van der Waals surface area contributed by atoms with Crippen LogP contribution in [0.3, 0.4) is 0 Å². The van der Waals surface area contributed by atoms with E-state index in [2.05, 4.69) is 53.3 Å². The number of hydrogen-bond donors (Lipinski definition) is 1. The molecule has 2 atom stereocenters. The molecule has 1 heterocycles. The number of nitrogens with one attached hydrogen (secondary N) is 1. The molecule has 0 bridgehead atoms. The lowest BCUT2D eigenvalue weighted by molar-refractivity contribution is 0.0660. The van der Waals surface area contributed by atoms with Crippen molar-refractivity contribution in [3.05, 3.63) is 34.3 Å². The summed E-state index contributed by atoms with van der Waals surface area (Å²) in [6.07, 6.45) is 1.28. The van der Waals surface area contributed by atoms with E-state index in [0.717, 1.165) is 24.0 Å². The fourth-order valence-corrected chi connectivity index (χ4v) is 2.66. The summed E-state index contributed by atoms with van der Waals surface area (Å²) in [6, 6.07) is 8.96. The normalized spacial score (nSPS) is 25.9. The second-order valence-corrected chi connectivity index (χ2v) is 5.88. The van der Waals surface area contributed by atoms with Crippen LogP contribution in [0.2, 0.25) is 0 Å². The number of halogens is 1. The van der Waals surface area contributed by atoms with Gasteiger partial charge >= 0.3 is 0 Å². The van der Waals surface area contributed by atoms with Crippen molar-refractivity contribution in [1.29, 1.82) is 0 Å². The molecule has 94 valence electrons. The summed E-state index contributed by atoms with van der Waals surface area (Å²) in [5.41, 5.74) is 1.25. The van der Waals surface area contributed by atoms with Crippen molar-refractivity contribution in [1.82, 2.24) is 5.32 Å². The van der Waals surface area contributed by atoms with Gasteiger partial charge in [-0.2, -0.15) is 0 Å². The summed E-state index contributed by atoms with van der Waals surface area (Å²) in [4.78, 5) is 0. The van der Waals surface area contributed by atoms with Gasteiger partial charge in [0.2, 0.25) is 0 Å². The molecule has 1 fully saturated rings. The molecule has 1 N–H and O–H groups in total. The summed E-state index contributed by atoms with van der Waals surface area (Å²) in [5, 5.41) is 3.61. The fraction of sp³-hybridized carbons (Fsp3) is 0.571. The largest absolute Gasteiger partial charge is 0.372 e. The van der Waals surface area contributed by atoms with Crippen LogP contribution in [0.25, 0.3) is 0 Å².